The monoisotopic (exact) mass is 364 g/mol. The molecule has 0 aromatic rings. The molecule has 1 N–H and O–H groups in total. The number of carbonyl (C=O) groups is 1. The summed E-state index contributed by atoms with van der Waals surface area (Å²) in [5.41, 5.74) is -0.670. The molecule has 0 unspecified atom stereocenters. The van der Waals surface area contributed by atoms with E-state index in [-0.39, 0.29) is 5.60 Å². The van der Waals surface area contributed by atoms with Crippen molar-refractivity contribution in [3.05, 3.63) is 0 Å². The van der Waals surface area contributed by atoms with Gasteiger partial charge in [-0.3, -0.25) is 0 Å². The molecule has 0 radical (unpaired) electrons. The Balaban J connectivity index is 0.000000462. The zero-order valence-electron chi connectivity index (χ0n) is 17.0. The normalized spacial score (nSPS) is 16.8. The van der Waals surface area contributed by atoms with Gasteiger partial charge in [-0.15, -0.1) is 0 Å². The molecule has 7 nitrogen and oxygen atoms in total. The molecule has 25 heavy (non-hydrogen) atoms. The van der Waals surface area contributed by atoms with E-state index in [1.165, 1.54) is 33.1 Å². The molecule has 1 aliphatic rings. The Morgan fingerprint density at radius 3 is 1.68 bits per heavy atom. The van der Waals surface area contributed by atoms with Crippen LogP contribution < -0.4 is 0 Å². The highest BCUT2D eigenvalue weighted by Gasteiger charge is 2.27. The minimum absolute atomic E-state index is 0.169. The molecule has 0 atom stereocenters. The van der Waals surface area contributed by atoms with E-state index in [1.807, 2.05) is 20.8 Å². The van der Waals surface area contributed by atoms with Gasteiger partial charge >= 0.3 is 6.16 Å². The summed E-state index contributed by atoms with van der Waals surface area (Å²) in [6, 6.07) is 0. The van der Waals surface area contributed by atoms with Crippen LogP contribution in [0.15, 0.2) is 0 Å². The minimum Gasteiger partial charge on any atom is -0.450 e. The maximum Gasteiger partial charge on any atom is 0.508 e. The number of rotatable bonds is 5. The van der Waals surface area contributed by atoms with Gasteiger partial charge in [-0.2, -0.15) is 4.89 Å². The van der Waals surface area contributed by atoms with Crippen molar-refractivity contribution in [2.24, 2.45) is 0 Å². The molecular weight excluding hydrogens is 328 g/mol. The second kappa shape index (κ2) is 10.3. The van der Waals surface area contributed by atoms with Gasteiger partial charge in [0.1, 0.15) is 0 Å². The summed E-state index contributed by atoms with van der Waals surface area (Å²) in [6.45, 7) is 14.3. The summed E-state index contributed by atoms with van der Waals surface area (Å²) in [7, 11) is 0. The maximum absolute atomic E-state index is 10.2. The van der Waals surface area contributed by atoms with Gasteiger partial charge in [-0.05, 0) is 54.4 Å². The first-order valence-electron chi connectivity index (χ1n) is 8.83. The van der Waals surface area contributed by atoms with E-state index in [4.69, 9.17) is 24.7 Å². The van der Waals surface area contributed by atoms with E-state index < -0.39 is 17.5 Å². The summed E-state index contributed by atoms with van der Waals surface area (Å²) in [6.07, 6.45) is 5.21. The van der Waals surface area contributed by atoms with E-state index >= 15 is 0 Å². The van der Waals surface area contributed by atoms with Gasteiger partial charge in [-0.1, -0.05) is 19.3 Å². The van der Waals surface area contributed by atoms with Crippen molar-refractivity contribution in [1.82, 2.24) is 0 Å². The van der Waals surface area contributed by atoms with Crippen LogP contribution in [0.1, 0.15) is 87.5 Å². The fourth-order valence-electron chi connectivity index (χ4n) is 1.83. The lowest BCUT2D eigenvalue weighted by Crippen LogP contribution is -2.34. The van der Waals surface area contributed by atoms with E-state index in [2.05, 4.69) is 4.74 Å². The molecule has 0 spiro atoms. The van der Waals surface area contributed by atoms with Crippen LogP contribution in [0.2, 0.25) is 0 Å². The Labute approximate surface area is 151 Å². The molecule has 0 heterocycles. The Morgan fingerprint density at radius 2 is 1.28 bits per heavy atom. The first-order chi connectivity index (χ1) is 11.2. The van der Waals surface area contributed by atoms with Crippen LogP contribution in [0.3, 0.4) is 0 Å². The summed E-state index contributed by atoms with van der Waals surface area (Å²) in [5, 5.41) is 8.32. The molecule has 1 fully saturated rings. The molecule has 0 aromatic carbocycles. The molecule has 1 rings (SSSR count). The van der Waals surface area contributed by atoms with E-state index in [1.54, 1.807) is 20.8 Å². The average molecular weight is 364 g/mol. The van der Waals surface area contributed by atoms with Crippen LogP contribution in [-0.4, -0.2) is 34.4 Å². The van der Waals surface area contributed by atoms with Gasteiger partial charge in [0.2, 0.25) is 5.79 Å². The Hall–Kier alpha value is -0.890. The van der Waals surface area contributed by atoms with Crippen molar-refractivity contribution in [2.45, 2.75) is 111 Å². The Kier molecular flexibility index (Phi) is 9.94. The van der Waals surface area contributed by atoms with Crippen molar-refractivity contribution >= 4 is 6.16 Å². The highest BCUT2D eigenvalue weighted by molar-refractivity contribution is 5.57. The van der Waals surface area contributed by atoms with Crippen LogP contribution in [0.25, 0.3) is 0 Å². The summed E-state index contributed by atoms with van der Waals surface area (Å²) in [5.74, 6) is -1.29. The summed E-state index contributed by atoms with van der Waals surface area (Å²) >= 11 is 0. The van der Waals surface area contributed by atoms with Gasteiger partial charge < -0.3 is 9.84 Å². The fourth-order valence-corrected chi connectivity index (χ4v) is 1.83. The first-order valence-corrected chi connectivity index (χ1v) is 8.83. The molecule has 0 aromatic heterocycles. The minimum atomic E-state index is -1.40. The second-order valence-corrected chi connectivity index (χ2v) is 8.60. The third-order valence-electron chi connectivity index (χ3n) is 2.81. The lowest BCUT2D eigenvalue weighted by atomic mass is 9.98. The van der Waals surface area contributed by atoms with Gasteiger partial charge in [0, 0.05) is 13.8 Å². The van der Waals surface area contributed by atoms with Crippen LogP contribution in [0.5, 0.6) is 0 Å². The van der Waals surface area contributed by atoms with Gasteiger partial charge in [0.15, 0.2) is 0 Å². The fraction of sp³-hybridized carbons (Fsp3) is 0.944. The highest BCUT2D eigenvalue weighted by atomic mass is 17.2. The number of carboxylic acid groups (broad SMARTS) is 1. The predicted molar refractivity (Wildman–Crippen MR) is 93.9 cm³/mol. The molecule has 1 saturated carbocycles. The van der Waals surface area contributed by atoms with Crippen LogP contribution in [0, 0.1) is 0 Å². The summed E-state index contributed by atoms with van der Waals surface area (Å²) < 4.78 is 4.40. The molecule has 0 aliphatic heterocycles. The van der Waals surface area contributed by atoms with Crippen molar-refractivity contribution in [3.8, 4) is 0 Å². The zero-order valence-corrected chi connectivity index (χ0v) is 17.0. The van der Waals surface area contributed by atoms with E-state index in [0.29, 0.717) is 6.10 Å². The Bertz CT molecular complexity index is 374. The molecule has 0 saturated heterocycles. The zero-order chi connectivity index (χ0) is 19.7. The second-order valence-electron chi connectivity index (χ2n) is 8.60. The molecule has 1 aliphatic carbocycles. The van der Waals surface area contributed by atoms with E-state index in [0.717, 1.165) is 12.8 Å². The van der Waals surface area contributed by atoms with Gasteiger partial charge in [-0.25, -0.2) is 19.5 Å². The molecule has 150 valence electrons. The molecule has 0 amide bonds. The third kappa shape index (κ3) is 16.3. The number of ether oxygens (including phenoxy) is 1. The SMILES string of the molecule is CC(C)(C)OOC(C)(C)OC(=O)O.CC(C)(C)OOC1CCCCC1. The first kappa shape index (κ1) is 24.1. The quantitative estimate of drug-likeness (QED) is 0.309. The van der Waals surface area contributed by atoms with Crippen molar-refractivity contribution < 1.29 is 34.2 Å². The molecule has 0 bridgehead atoms. The van der Waals surface area contributed by atoms with Crippen LogP contribution in [-0.2, 0) is 24.3 Å². The number of hydrogen-bond donors (Lipinski definition) is 1. The van der Waals surface area contributed by atoms with Crippen molar-refractivity contribution in [1.29, 1.82) is 0 Å². The van der Waals surface area contributed by atoms with Crippen LogP contribution in [0.4, 0.5) is 4.79 Å². The highest BCUT2D eigenvalue weighted by Crippen LogP contribution is 2.22. The van der Waals surface area contributed by atoms with Crippen molar-refractivity contribution in [3.63, 3.8) is 0 Å². The predicted octanol–water partition coefficient (Wildman–Crippen LogP) is 5.23. The van der Waals surface area contributed by atoms with Crippen LogP contribution >= 0.6 is 0 Å². The molecular formula is C18H36O7. The largest absolute Gasteiger partial charge is 0.508 e. The lowest BCUT2D eigenvalue weighted by Gasteiger charge is -2.26. The smallest absolute Gasteiger partial charge is 0.450 e. The Morgan fingerprint density at radius 1 is 0.800 bits per heavy atom. The topological polar surface area (TPSA) is 83.5 Å². The standard InChI is InChI=1S/C10H20O2.C8H16O5/c1-10(2,3)12-11-9-7-5-4-6-8-9;1-7(2,3)12-13-8(4,5)11-6(9)10/h9H,4-8H2,1-3H3;1-5H3,(H,9,10). The molecule has 7 heteroatoms. The summed E-state index contributed by atoms with van der Waals surface area (Å²) in [4.78, 5) is 30.5. The van der Waals surface area contributed by atoms with E-state index in [9.17, 15) is 4.79 Å². The van der Waals surface area contributed by atoms with Crippen molar-refractivity contribution in [2.75, 3.05) is 0 Å². The number of hydrogen-bond acceptors (Lipinski definition) is 6. The van der Waals surface area contributed by atoms with Gasteiger partial charge in [0.05, 0.1) is 17.3 Å². The average Bonchev–Trinajstić information content (AvgIpc) is 2.42. The van der Waals surface area contributed by atoms with Gasteiger partial charge in [0.25, 0.3) is 0 Å². The lowest BCUT2D eigenvalue weighted by molar-refractivity contribution is -0.440. The third-order valence-corrected chi connectivity index (χ3v) is 2.81. The maximum atomic E-state index is 10.2.